The van der Waals surface area contributed by atoms with Gasteiger partial charge in [0.1, 0.15) is 11.4 Å². The number of halogens is 3. The minimum absolute atomic E-state index is 0.199. The van der Waals surface area contributed by atoms with Gasteiger partial charge in [0.2, 0.25) is 0 Å². The number of sulfonamides is 1. The number of aryl methyl sites for hydroxylation is 2. The van der Waals surface area contributed by atoms with Crippen LogP contribution in [0, 0.1) is 34.8 Å². The van der Waals surface area contributed by atoms with Gasteiger partial charge in [0, 0.05) is 24.7 Å². The number of non-ortho nitro benzene ring substituents is 1. The molecule has 0 saturated heterocycles. The lowest BCUT2D eigenvalue weighted by Gasteiger charge is -2.39. The zero-order valence-corrected chi connectivity index (χ0v) is 27.5. The van der Waals surface area contributed by atoms with E-state index in [2.05, 4.69) is 34.6 Å². The van der Waals surface area contributed by atoms with Crippen LogP contribution in [0.4, 0.5) is 18.9 Å². The third-order valence-electron chi connectivity index (χ3n) is 8.32. The maximum Gasteiger partial charge on any atom is 0.511 e. The van der Waals surface area contributed by atoms with Crippen LogP contribution in [0.2, 0.25) is 0 Å². The van der Waals surface area contributed by atoms with Gasteiger partial charge in [0.15, 0.2) is 0 Å². The van der Waals surface area contributed by atoms with E-state index < -0.39 is 33.0 Å². The molecule has 0 aliphatic carbocycles. The number of nitrogens with zero attached hydrogens (tertiary/aromatic N) is 2. The largest absolute Gasteiger partial charge is 0.511 e. The molecule has 0 bridgehead atoms. The minimum atomic E-state index is -5.70. The van der Waals surface area contributed by atoms with E-state index in [9.17, 15) is 31.7 Å². The molecule has 0 unspecified atom stereocenters. The molecule has 1 aliphatic heterocycles. The predicted octanol–water partition coefficient (Wildman–Crippen LogP) is 9.01. The Kier molecular flexibility index (Phi) is 11.3. The number of ether oxygens (including phenoxy) is 1. The number of hydrogen-bond acceptors (Lipinski definition) is 5. The molecule has 0 N–H and O–H groups in total. The van der Waals surface area contributed by atoms with Gasteiger partial charge in [-0.05, 0) is 105 Å². The van der Waals surface area contributed by atoms with Crippen molar-refractivity contribution in [3.05, 3.63) is 74.8 Å². The monoisotopic (exact) mass is 638 g/mol. The SMILES string of the molecule is Cc1cc(/C=C/CN([C@@H](C)c2ccc([N+](=O)[O-])cc2)S(=O)(=O)C(F)(F)F)cc2c1O[C@](C)(C[C@H](C)C[C@H](C)CC(C)C)CC2. The molecular formula is C33H45F3N2O5S. The highest BCUT2D eigenvalue weighted by molar-refractivity contribution is 7.90. The number of nitro groups is 1. The third-order valence-corrected chi connectivity index (χ3v) is 9.99. The molecule has 0 amide bonds. The Bertz CT molecular complexity index is 1440. The van der Waals surface area contributed by atoms with E-state index in [0.717, 1.165) is 60.3 Å². The Morgan fingerprint density at radius 3 is 2.27 bits per heavy atom. The zero-order valence-electron chi connectivity index (χ0n) is 26.6. The normalized spacial score (nSPS) is 19.5. The van der Waals surface area contributed by atoms with E-state index in [-0.39, 0.29) is 16.9 Å². The van der Waals surface area contributed by atoms with Crippen LogP contribution in [0.25, 0.3) is 6.08 Å². The van der Waals surface area contributed by atoms with Crippen LogP contribution in [-0.2, 0) is 16.4 Å². The van der Waals surface area contributed by atoms with Gasteiger partial charge in [-0.15, -0.1) is 0 Å². The second-order valence-corrected chi connectivity index (χ2v) is 15.0. The number of alkyl halides is 3. The standard InChI is InChI=1S/C33H45F3N2O5S/c1-22(2)17-23(3)18-24(4)21-32(7)15-14-29-20-27(19-25(5)31(29)43-32)9-8-16-37(44(41,42)33(34,35)36)26(6)28-10-12-30(13-11-28)38(39)40/h8-13,19-20,22-24,26H,14-18,21H2,1-7H3/b9-8+/t23-,24-,26+,32+/m1/s1. The van der Waals surface area contributed by atoms with Crippen molar-refractivity contribution in [2.24, 2.45) is 17.8 Å². The summed E-state index contributed by atoms with van der Waals surface area (Å²) in [6, 6.07) is 7.40. The summed E-state index contributed by atoms with van der Waals surface area (Å²) in [6.45, 7) is 14.0. The van der Waals surface area contributed by atoms with Gasteiger partial charge in [-0.3, -0.25) is 10.1 Å². The first-order chi connectivity index (χ1) is 20.3. The van der Waals surface area contributed by atoms with Crippen LogP contribution in [0.5, 0.6) is 5.75 Å². The Morgan fingerprint density at radius 1 is 1.07 bits per heavy atom. The Morgan fingerprint density at radius 2 is 1.70 bits per heavy atom. The van der Waals surface area contributed by atoms with Gasteiger partial charge < -0.3 is 4.74 Å². The maximum absolute atomic E-state index is 13.6. The Labute approximate surface area is 259 Å². The topological polar surface area (TPSA) is 89.8 Å². The van der Waals surface area contributed by atoms with Crippen molar-refractivity contribution >= 4 is 21.8 Å². The van der Waals surface area contributed by atoms with E-state index in [0.29, 0.717) is 22.1 Å². The molecule has 11 heteroatoms. The van der Waals surface area contributed by atoms with Gasteiger partial charge in [-0.2, -0.15) is 17.5 Å². The van der Waals surface area contributed by atoms with Crippen LogP contribution in [0.1, 0.15) is 95.5 Å². The minimum Gasteiger partial charge on any atom is -0.487 e. The summed E-state index contributed by atoms with van der Waals surface area (Å²) >= 11 is 0. The highest BCUT2D eigenvalue weighted by atomic mass is 32.2. The molecule has 0 saturated carbocycles. The van der Waals surface area contributed by atoms with Crippen LogP contribution >= 0.6 is 0 Å². The molecule has 7 nitrogen and oxygen atoms in total. The molecular weight excluding hydrogens is 593 g/mol. The van der Waals surface area contributed by atoms with Crippen molar-refractivity contribution in [3.8, 4) is 5.75 Å². The van der Waals surface area contributed by atoms with Gasteiger partial charge in [0.25, 0.3) is 5.69 Å². The highest BCUT2D eigenvalue weighted by Gasteiger charge is 2.51. The fourth-order valence-electron chi connectivity index (χ4n) is 6.48. The summed E-state index contributed by atoms with van der Waals surface area (Å²) in [7, 11) is -5.70. The highest BCUT2D eigenvalue weighted by Crippen LogP contribution is 2.41. The smallest absolute Gasteiger partial charge is 0.487 e. The molecule has 1 heterocycles. The third kappa shape index (κ3) is 8.84. The number of hydrogen-bond donors (Lipinski definition) is 0. The molecule has 0 aromatic heterocycles. The summed E-state index contributed by atoms with van der Waals surface area (Å²) in [5.41, 5.74) is -3.18. The summed E-state index contributed by atoms with van der Waals surface area (Å²) in [5.74, 6) is 2.68. The average molecular weight is 639 g/mol. The fraction of sp³-hybridized carbons (Fsp3) is 0.576. The van der Waals surface area contributed by atoms with E-state index in [1.807, 2.05) is 19.1 Å². The molecule has 0 fully saturated rings. The molecule has 4 atom stereocenters. The van der Waals surface area contributed by atoms with E-state index in [1.54, 1.807) is 6.08 Å². The lowest BCUT2D eigenvalue weighted by molar-refractivity contribution is -0.384. The number of fused-ring (bicyclic) bond motifs is 1. The summed E-state index contributed by atoms with van der Waals surface area (Å²) < 4.78 is 72.8. The van der Waals surface area contributed by atoms with Crippen molar-refractivity contribution in [1.82, 2.24) is 4.31 Å². The maximum atomic E-state index is 13.6. The van der Waals surface area contributed by atoms with Gasteiger partial charge in [-0.1, -0.05) is 52.0 Å². The van der Waals surface area contributed by atoms with E-state index in [1.165, 1.54) is 31.6 Å². The average Bonchev–Trinajstić information content (AvgIpc) is 2.89. The first-order valence-corrected chi connectivity index (χ1v) is 16.6. The molecule has 44 heavy (non-hydrogen) atoms. The van der Waals surface area contributed by atoms with Gasteiger partial charge in [0.05, 0.1) is 4.92 Å². The second kappa shape index (κ2) is 14.0. The van der Waals surface area contributed by atoms with Gasteiger partial charge >= 0.3 is 15.5 Å². The predicted molar refractivity (Wildman–Crippen MR) is 168 cm³/mol. The lowest BCUT2D eigenvalue weighted by atomic mass is 9.80. The molecule has 1 aliphatic rings. The van der Waals surface area contributed by atoms with Crippen molar-refractivity contribution in [1.29, 1.82) is 0 Å². The summed E-state index contributed by atoms with van der Waals surface area (Å²) in [4.78, 5) is 10.3. The van der Waals surface area contributed by atoms with E-state index >= 15 is 0 Å². The molecule has 244 valence electrons. The van der Waals surface area contributed by atoms with Gasteiger partial charge in [-0.25, -0.2) is 8.42 Å². The van der Waals surface area contributed by atoms with Crippen LogP contribution in [-0.4, -0.2) is 35.3 Å². The van der Waals surface area contributed by atoms with Crippen LogP contribution < -0.4 is 4.74 Å². The molecule has 3 rings (SSSR count). The Hall–Kier alpha value is -2.92. The summed E-state index contributed by atoms with van der Waals surface area (Å²) in [6.07, 6.45) is 7.95. The second-order valence-electron chi connectivity index (χ2n) is 13.1. The van der Waals surface area contributed by atoms with E-state index in [4.69, 9.17) is 4.74 Å². The first-order valence-electron chi connectivity index (χ1n) is 15.1. The molecule has 2 aromatic carbocycles. The quantitative estimate of drug-likeness (QED) is 0.161. The number of rotatable bonds is 13. The number of nitro benzene ring substituents is 1. The van der Waals surface area contributed by atoms with Crippen molar-refractivity contribution in [2.75, 3.05) is 6.54 Å². The first kappa shape index (κ1) is 35.6. The zero-order chi connectivity index (χ0) is 33.0. The van der Waals surface area contributed by atoms with Crippen molar-refractivity contribution in [3.63, 3.8) is 0 Å². The fourth-order valence-corrected chi connectivity index (χ4v) is 7.57. The molecule has 0 spiro atoms. The van der Waals surface area contributed by atoms with Crippen molar-refractivity contribution < 1.29 is 31.2 Å². The molecule has 2 aromatic rings. The lowest BCUT2D eigenvalue weighted by Crippen LogP contribution is -2.42. The van der Waals surface area contributed by atoms with Crippen LogP contribution in [0.3, 0.4) is 0 Å². The van der Waals surface area contributed by atoms with Crippen LogP contribution in [0.15, 0.2) is 42.5 Å². The number of benzene rings is 2. The van der Waals surface area contributed by atoms with Crippen molar-refractivity contribution in [2.45, 2.75) is 97.7 Å². The Balaban J connectivity index is 1.78. The summed E-state index contributed by atoms with van der Waals surface area (Å²) in [5, 5.41) is 11.0. The molecule has 0 radical (unpaired) electrons.